The van der Waals surface area contributed by atoms with Gasteiger partial charge in [-0.1, -0.05) is 108 Å². The number of hydrogen-bond donors (Lipinski definition) is 0. The predicted molar refractivity (Wildman–Crippen MR) is 258 cm³/mol. The predicted octanol–water partition coefficient (Wildman–Crippen LogP) is 16.8. The van der Waals surface area contributed by atoms with E-state index in [4.69, 9.17) is 11.6 Å². The minimum atomic E-state index is 0.0618. The second kappa shape index (κ2) is 14.5. The first-order valence-electron chi connectivity index (χ1n) is 24.0. The van der Waals surface area contributed by atoms with E-state index in [1.54, 1.807) is 11.1 Å². The number of anilines is 6. The van der Waals surface area contributed by atoms with Crippen LogP contribution in [0.4, 0.5) is 34.1 Å². The maximum Gasteiger partial charge on any atom is 0.0887 e. The van der Waals surface area contributed by atoms with Crippen LogP contribution in [0, 0.1) is 35.5 Å². The number of benzene rings is 5. The van der Waals surface area contributed by atoms with Gasteiger partial charge >= 0.3 is 0 Å². The Morgan fingerprint density at radius 1 is 0.393 bits per heavy atom. The number of nitrogens with zero attached hydrogens (tertiary/aromatic N) is 2. The summed E-state index contributed by atoms with van der Waals surface area (Å²) < 4.78 is 0. The van der Waals surface area contributed by atoms with Crippen molar-refractivity contribution >= 4 is 45.7 Å². The van der Waals surface area contributed by atoms with Crippen molar-refractivity contribution in [3.8, 4) is 0 Å². The smallest absolute Gasteiger partial charge is 0.0887 e. The Morgan fingerprint density at radius 2 is 0.656 bits per heavy atom. The molecule has 8 aliphatic carbocycles. The van der Waals surface area contributed by atoms with E-state index in [2.05, 4.69) is 167 Å². The molecule has 61 heavy (non-hydrogen) atoms. The van der Waals surface area contributed by atoms with E-state index >= 15 is 0 Å². The van der Waals surface area contributed by atoms with Gasteiger partial charge in [0.15, 0.2) is 0 Å². The SMILES string of the molecule is CC(C)(C)c1ccc(N(c2ccc(C(C)(C)C)cc2)c2cccc(N(c3ccc(C45CC6CC(CC(C6)C4)C5)cc3)c3ccc(C45CC6CC(CC(C6)C4)C5)cc3)c2Cl)cc1. The highest BCUT2D eigenvalue weighted by Crippen LogP contribution is 2.62. The van der Waals surface area contributed by atoms with Crippen LogP contribution in [-0.4, -0.2) is 0 Å². The second-order valence-electron chi connectivity index (χ2n) is 23.4. The molecule has 8 bridgehead atoms. The van der Waals surface area contributed by atoms with Gasteiger partial charge in [0, 0.05) is 22.7 Å². The first kappa shape index (κ1) is 39.8. The third-order valence-electron chi connectivity index (χ3n) is 17.0. The first-order valence-corrected chi connectivity index (χ1v) is 24.4. The van der Waals surface area contributed by atoms with E-state index in [-0.39, 0.29) is 10.8 Å². The van der Waals surface area contributed by atoms with Crippen molar-refractivity contribution in [3.63, 3.8) is 0 Å². The molecule has 0 atom stereocenters. The first-order chi connectivity index (χ1) is 29.2. The third kappa shape index (κ3) is 7.06. The highest BCUT2D eigenvalue weighted by molar-refractivity contribution is 6.36. The Hall–Kier alpha value is -4.01. The molecule has 8 fully saturated rings. The monoisotopic (exact) mass is 826 g/mol. The molecule has 2 nitrogen and oxygen atoms in total. The lowest BCUT2D eigenvalue weighted by Gasteiger charge is -2.57. The van der Waals surface area contributed by atoms with Crippen molar-refractivity contribution in [1.29, 1.82) is 0 Å². The average Bonchev–Trinajstić information content (AvgIpc) is 3.21. The molecule has 0 aromatic heterocycles. The van der Waals surface area contributed by atoms with Gasteiger partial charge in [-0.15, -0.1) is 0 Å². The lowest BCUT2D eigenvalue weighted by atomic mass is 9.48. The third-order valence-corrected chi connectivity index (χ3v) is 17.4. The van der Waals surface area contributed by atoms with Crippen molar-refractivity contribution < 1.29 is 0 Å². The van der Waals surface area contributed by atoms with E-state index in [1.165, 1.54) is 99.6 Å². The molecule has 3 heteroatoms. The van der Waals surface area contributed by atoms with Crippen LogP contribution >= 0.6 is 11.6 Å². The Morgan fingerprint density at radius 3 is 0.918 bits per heavy atom. The highest BCUT2D eigenvalue weighted by Gasteiger charge is 2.53. The summed E-state index contributed by atoms with van der Waals surface area (Å²) in [6, 6.07) is 44.5. The van der Waals surface area contributed by atoms with Crippen LogP contribution < -0.4 is 9.80 Å². The summed E-state index contributed by atoms with van der Waals surface area (Å²) in [5.41, 5.74) is 13.1. The number of halogens is 1. The Bertz CT molecular complexity index is 2180. The lowest BCUT2D eigenvalue weighted by molar-refractivity contribution is -0.00529. The zero-order chi connectivity index (χ0) is 41.9. The topological polar surface area (TPSA) is 6.48 Å². The molecule has 13 rings (SSSR count). The largest absolute Gasteiger partial charge is 0.309 e. The van der Waals surface area contributed by atoms with Gasteiger partial charge in [0.25, 0.3) is 0 Å². The molecule has 0 N–H and O–H groups in total. The Labute approximate surface area is 372 Å². The fourth-order valence-corrected chi connectivity index (χ4v) is 15.1. The van der Waals surface area contributed by atoms with Crippen molar-refractivity contribution in [2.24, 2.45) is 35.5 Å². The van der Waals surface area contributed by atoms with Crippen LogP contribution in [0.2, 0.25) is 5.02 Å². The molecule has 0 unspecified atom stereocenters. The molecular formula is C58H67ClN2. The van der Waals surface area contributed by atoms with E-state index < -0.39 is 0 Å². The highest BCUT2D eigenvalue weighted by atomic mass is 35.5. The van der Waals surface area contributed by atoms with Gasteiger partial charge in [0.1, 0.15) is 0 Å². The van der Waals surface area contributed by atoms with Crippen LogP contribution in [0.3, 0.4) is 0 Å². The van der Waals surface area contributed by atoms with Crippen LogP contribution in [-0.2, 0) is 21.7 Å². The maximum absolute atomic E-state index is 7.91. The second-order valence-corrected chi connectivity index (χ2v) is 23.7. The van der Waals surface area contributed by atoms with Crippen molar-refractivity contribution in [2.45, 2.75) is 140 Å². The van der Waals surface area contributed by atoms with E-state index in [0.29, 0.717) is 10.8 Å². The summed E-state index contributed by atoms with van der Waals surface area (Å²) in [7, 11) is 0. The summed E-state index contributed by atoms with van der Waals surface area (Å²) >= 11 is 7.91. The van der Waals surface area contributed by atoms with Gasteiger partial charge in [0.05, 0.1) is 16.4 Å². The van der Waals surface area contributed by atoms with Crippen LogP contribution in [0.1, 0.15) is 141 Å². The van der Waals surface area contributed by atoms with Gasteiger partial charge in [-0.05, 0) is 217 Å². The zero-order valence-corrected chi connectivity index (χ0v) is 38.4. The molecule has 5 aromatic carbocycles. The summed E-state index contributed by atoms with van der Waals surface area (Å²) in [5.74, 6) is 5.55. The van der Waals surface area contributed by atoms with E-state index in [9.17, 15) is 0 Å². The van der Waals surface area contributed by atoms with Gasteiger partial charge in [0.2, 0.25) is 0 Å². The molecule has 0 spiro atoms. The zero-order valence-electron chi connectivity index (χ0n) is 37.7. The van der Waals surface area contributed by atoms with Crippen molar-refractivity contribution in [1.82, 2.24) is 0 Å². The van der Waals surface area contributed by atoms with Crippen molar-refractivity contribution in [3.05, 3.63) is 143 Å². The molecule has 8 aliphatic rings. The van der Waals surface area contributed by atoms with Crippen LogP contribution in [0.5, 0.6) is 0 Å². The van der Waals surface area contributed by atoms with Crippen LogP contribution in [0.15, 0.2) is 115 Å². The Kier molecular flexibility index (Phi) is 9.48. The summed E-state index contributed by atoms with van der Waals surface area (Å²) in [6.07, 6.45) is 17.1. The van der Waals surface area contributed by atoms with Crippen molar-refractivity contribution in [2.75, 3.05) is 9.80 Å². The molecular weight excluding hydrogens is 760 g/mol. The quantitative estimate of drug-likeness (QED) is 0.154. The summed E-state index contributed by atoms with van der Waals surface area (Å²) in [4.78, 5) is 4.80. The number of rotatable bonds is 8. The molecule has 8 saturated carbocycles. The number of hydrogen-bond acceptors (Lipinski definition) is 2. The standard InChI is InChI=1S/C58H67ClN2/c1-55(2,3)44-10-18-48(19-11-44)60(49-20-12-45(13-21-49)56(4,5)6)52-8-7-9-53(54(52)59)61(50-22-14-46(15-23-50)57-32-38-26-39(33-57)28-40(27-38)34-57)51-24-16-47(17-25-51)58-35-41-29-42(36-58)31-43(30-41)37-58/h7-25,38-43H,26-37H2,1-6H3. The maximum atomic E-state index is 7.91. The van der Waals surface area contributed by atoms with Crippen LogP contribution in [0.25, 0.3) is 0 Å². The molecule has 5 aromatic rings. The summed E-state index contributed by atoms with van der Waals surface area (Å²) in [5, 5.41) is 0.748. The fourth-order valence-electron chi connectivity index (χ4n) is 14.8. The minimum Gasteiger partial charge on any atom is -0.309 e. The lowest BCUT2D eigenvalue weighted by Crippen LogP contribution is -2.48. The van der Waals surface area contributed by atoms with Gasteiger partial charge < -0.3 is 9.80 Å². The van der Waals surface area contributed by atoms with E-state index in [0.717, 1.165) is 63.3 Å². The summed E-state index contributed by atoms with van der Waals surface area (Å²) in [6.45, 7) is 13.7. The molecule has 0 amide bonds. The Balaban J connectivity index is 1.01. The molecule has 0 heterocycles. The fraction of sp³-hybridized carbons (Fsp3) is 0.483. The van der Waals surface area contributed by atoms with Gasteiger partial charge in [-0.2, -0.15) is 0 Å². The normalized spacial score (nSPS) is 29.9. The van der Waals surface area contributed by atoms with E-state index in [1.807, 2.05) is 0 Å². The minimum absolute atomic E-state index is 0.0618. The van der Waals surface area contributed by atoms with Gasteiger partial charge in [-0.3, -0.25) is 0 Å². The molecule has 0 saturated heterocycles. The van der Waals surface area contributed by atoms with Gasteiger partial charge in [-0.25, -0.2) is 0 Å². The molecule has 0 aliphatic heterocycles. The average molecular weight is 828 g/mol. The molecule has 0 radical (unpaired) electrons. The molecule has 316 valence electrons.